The number of hydrogen-bond acceptors (Lipinski definition) is 2. The van der Waals surface area contributed by atoms with Gasteiger partial charge in [0.2, 0.25) is 0 Å². The quantitative estimate of drug-likeness (QED) is 0.655. The summed E-state index contributed by atoms with van der Waals surface area (Å²) in [4.78, 5) is 11.7. The van der Waals surface area contributed by atoms with E-state index in [0.29, 0.717) is 5.69 Å². The van der Waals surface area contributed by atoms with Crippen LogP contribution < -0.4 is 16.4 Å². The molecule has 1 aromatic carbocycles. The standard InChI is InChI=1S/C13H21N3O/c1-8-6-9(2)11(7-10(8)14)15-12(17)16-13(3,4)5/h6-7H,14H2,1-5H3,(H2,15,16,17). The maximum atomic E-state index is 11.7. The van der Waals surface area contributed by atoms with Crippen LogP contribution in [0.25, 0.3) is 0 Å². The first kappa shape index (κ1) is 13.4. The SMILES string of the molecule is Cc1cc(C)c(NC(=O)NC(C)(C)C)cc1N. The second-order valence-electron chi connectivity index (χ2n) is 5.35. The van der Waals surface area contributed by atoms with Crippen LogP contribution in [0.4, 0.5) is 16.2 Å². The van der Waals surface area contributed by atoms with Crippen molar-refractivity contribution in [3.8, 4) is 0 Å². The maximum Gasteiger partial charge on any atom is 0.319 e. The van der Waals surface area contributed by atoms with Crippen LogP contribution in [-0.4, -0.2) is 11.6 Å². The van der Waals surface area contributed by atoms with E-state index >= 15 is 0 Å². The molecule has 2 amide bonds. The molecule has 0 atom stereocenters. The second kappa shape index (κ2) is 4.65. The van der Waals surface area contributed by atoms with Gasteiger partial charge in [0.25, 0.3) is 0 Å². The second-order valence-corrected chi connectivity index (χ2v) is 5.35. The van der Waals surface area contributed by atoms with Crippen molar-refractivity contribution in [2.24, 2.45) is 0 Å². The number of carbonyl (C=O) groups is 1. The van der Waals surface area contributed by atoms with Crippen molar-refractivity contribution in [1.82, 2.24) is 5.32 Å². The fraction of sp³-hybridized carbons (Fsp3) is 0.462. The van der Waals surface area contributed by atoms with Gasteiger partial charge in [-0.15, -0.1) is 0 Å². The van der Waals surface area contributed by atoms with Gasteiger partial charge < -0.3 is 16.4 Å². The molecule has 94 valence electrons. The van der Waals surface area contributed by atoms with Crippen molar-refractivity contribution in [3.63, 3.8) is 0 Å². The average Bonchev–Trinajstić information content (AvgIpc) is 2.11. The first-order valence-corrected chi connectivity index (χ1v) is 5.65. The minimum Gasteiger partial charge on any atom is -0.398 e. The molecular formula is C13H21N3O. The molecule has 0 radical (unpaired) electrons. The number of anilines is 2. The molecule has 0 fully saturated rings. The Morgan fingerprint density at radius 2 is 1.76 bits per heavy atom. The monoisotopic (exact) mass is 235 g/mol. The number of benzene rings is 1. The number of nitrogens with one attached hydrogen (secondary N) is 2. The summed E-state index contributed by atoms with van der Waals surface area (Å²) in [6, 6.07) is 3.53. The molecule has 0 unspecified atom stereocenters. The Labute approximate surface area is 103 Å². The lowest BCUT2D eigenvalue weighted by atomic mass is 10.1. The Kier molecular flexibility index (Phi) is 3.66. The first-order valence-electron chi connectivity index (χ1n) is 5.65. The molecule has 0 aliphatic heterocycles. The lowest BCUT2D eigenvalue weighted by Crippen LogP contribution is -2.43. The predicted octanol–water partition coefficient (Wildman–Crippen LogP) is 2.81. The summed E-state index contributed by atoms with van der Waals surface area (Å²) in [5.41, 5.74) is 9.01. The zero-order chi connectivity index (χ0) is 13.2. The van der Waals surface area contributed by atoms with Crippen LogP contribution >= 0.6 is 0 Å². The molecule has 0 saturated carbocycles. The van der Waals surface area contributed by atoms with Crippen molar-refractivity contribution >= 4 is 17.4 Å². The summed E-state index contributed by atoms with van der Waals surface area (Å²) in [6.07, 6.45) is 0. The van der Waals surface area contributed by atoms with Gasteiger partial charge in [0.05, 0.1) is 0 Å². The van der Waals surface area contributed by atoms with E-state index in [4.69, 9.17) is 5.73 Å². The molecule has 1 aromatic rings. The Morgan fingerprint density at radius 3 is 2.29 bits per heavy atom. The highest BCUT2D eigenvalue weighted by Crippen LogP contribution is 2.22. The first-order chi connectivity index (χ1) is 7.69. The lowest BCUT2D eigenvalue weighted by Gasteiger charge is -2.21. The van der Waals surface area contributed by atoms with Gasteiger partial charge in [-0.2, -0.15) is 0 Å². The molecule has 0 heterocycles. The average molecular weight is 235 g/mol. The Balaban J connectivity index is 2.82. The van der Waals surface area contributed by atoms with E-state index in [1.165, 1.54) is 0 Å². The van der Waals surface area contributed by atoms with Gasteiger partial charge in [0, 0.05) is 16.9 Å². The molecule has 0 aliphatic rings. The van der Waals surface area contributed by atoms with Gasteiger partial charge in [-0.1, -0.05) is 6.07 Å². The molecule has 0 aliphatic carbocycles. The van der Waals surface area contributed by atoms with Crippen LogP contribution in [0.5, 0.6) is 0 Å². The number of rotatable bonds is 1. The molecule has 4 heteroatoms. The number of urea groups is 1. The normalized spacial score (nSPS) is 11.1. The molecule has 4 nitrogen and oxygen atoms in total. The largest absolute Gasteiger partial charge is 0.398 e. The summed E-state index contributed by atoms with van der Waals surface area (Å²) in [5.74, 6) is 0. The molecule has 1 rings (SSSR count). The maximum absolute atomic E-state index is 11.7. The number of hydrogen-bond donors (Lipinski definition) is 3. The third kappa shape index (κ3) is 3.98. The van der Waals surface area contributed by atoms with Crippen LogP contribution in [-0.2, 0) is 0 Å². The third-order valence-corrected chi connectivity index (χ3v) is 2.35. The Hall–Kier alpha value is -1.71. The van der Waals surface area contributed by atoms with Gasteiger partial charge in [0.15, 0.2) is 0 Å². The van der Waals surface area contributed by atoms with Gasteiger partial charge >= 0.3 is 6.03 Å². The number of nitrogens with two attached hydrogens (primary N) is 1. The topological polar surface area (TPSA) is 67.2 Å². The molecule has 4 N–H and O–H groups in total. The molecule has 0 aromatic heterocycles. The minimum absolute atomic E-state index is 0.219. The lowest BCUT2D eigenvalue weighted by molar-refractivity contribution is 0.244. The zero-order valence-electron chi connectivity index (χ0n) is 11.1. The number of carbonyl (C=O) groups excluding carboxylic acids is 1. The summed E-state index contributed by atoms with van der Waals surface area (Å²) < 4.78 is 0. The highest BCUT2D eigenvalue weighted by atomic mass is 16.2. The van der Waals surface area contributed by atoms with Crippen LogP contribution in [0.1, 0.15) is 31.9 Å². The van der Waals surface area contributed by atoms with E-state index in [1.807, 2.05) is 40.7 Å². The Morgan fingerprint density at radius 1 is 1.18 bits per heavy atom. The van der Waals surface area contributed by atoms with E-state index in [-0.39, 0.29) is 11.6 Å². The third-order valence-electron chi connectivity index (χ3n) is 2.35. The van der Waals surface area contributed by atoms with Crippen molar-refractivity contribution in [2.75, 3.05) is 11.1 Å². The van der Waals surface area contributed by atoms with Crippen LogP contribution in [0.2, 0.25) is 0 Å². The van der Waals surface area contributed by atoms with E-state index in [1.54, 1.807) is 6.07 Å². The Bertz CT molecular complexity index is 433. The molecule has 0 saturated heterocycles. The molecule has 17 heavy (non-hydrogen) atoms. The smallest absolute Gasteiger partial charge is 0.319 e. The van der Waals surface area contributed by atoms with Crippen LogP contribution in [0.3, 0.4) is 0 Å². The molecular weight excluding hydrogens is 214 g/mol. The highest BCUT2D eigenvalue weighted by Gasteiger charge is 2.14. The van der Waals surface area contributed by atoms with Crippen molar-refractivity contribution in [1.29, 1.82) is 0 Å². The van der Waals surface area contributed by atoms with Gasteiger partial charge in [0.1, 0.15) is 0 Å². The number of amides is 2. The van der Waals surface area contributed by atoms with Gasteiger partial charge in [-0.05, 0) is 51.8 Å². The fourth-order valence-electron chi connectivity index (χ4n) is 1.50. The zero-order valence-corrected chi connectivity index (χ0v) is 11.1. The predicted molar refractivity (Wildman–Crippen MR) is 72.2 cm³/mol. The van der Waals surface area contributed by atoms with Crippen molar-refractivity contribution in [2.45, 2.75) is 40.2 Å². The fourth-order valence-corrected chi connectivity index (χ4v) is 1.50. The van der Waals surface area contributed by atoms with E-state index in [9.17, 15) is 4.79 Å². The number of aryl methyl sites for hydroxylation is 2. The van der Waals surface area contributed by atoms with Gasteiger partial charge in [-0.25, -0.2) is 4.79 Å². The van der Waals surface area contributed by atoms with Crippen LogP contribution in [0, 0.1) is 13.8 Å². The summed E-state index contributed by atoms with van der Waals surface area (Å²) in [5, 5.41) is 5.64. The number of nitrogen functional groups attached to an aromatic ring is 1. The summed E-state index contributed by atoms with van der Waals surface area (Å²) in [7, 11) is 0. The highest BCUT2D eigenvalue weighted by molar-refractivity contribution is 5.91. The van der Waals surface area contributed by atoms with Crippen molar-refractivity contribution < 1.29 is 4.79 Å². The minimum atomic E-state index is -0.256. The van der Waals surface area contributed by atoms with Crippen LogP contribution in [0.15, 0.2) is 12.1 Å². The summed E-state index contributed by atoms with van der Waals surface area (Å²) in [6.45, 7) is 9.69. The van der Waals surface area contributed by atoms with Crippen molar-refractivity contribution in [3.05, 3.63) is 23.3 Å². The molecule has 0 bridgehead atoms. The van der Waals surface area contributed by atoms with E-state index in [0.717, 1.165) is 16.8 Å². The van der Waals surface area contributed by atoms with E-state index < -0.39 is 0 Å². The van der Waals surface area contributed by atoms with E-state index in [2.05, 4.69) is 10.6 Å². The molecule has 0 spiro atoms. The summed E-state index contributed by atoms with van der Waals surface area (Å²) >= 11 is 0. The van der Waals surface area contributed by atoms with Gasteiger partial charge in [-0.3, -0.25) is 0 Å².